The zero-order valence-corrected chi connectivity index (χ0v) is 18.5. The molecule has 2 atom stereocenters. The minimum atomic E-state index is -0.719. The number of piperazine rings is 1. The number of imide groups is 1. The number of amides is 5. The van der Waals surface area contributed by atoms with Gasteiger partial charge in [-0.2, -0.15) is 0 Å². The number of pyridine rings is 1. The highest BCUT2D eigenvalue weighted by Crippen LogP contribution is 2.23. The van der Waals surface area contributed by atoms with Crippen LogP contribution in [0, 0.1) is 0 Å². The molecule has 0 radical (unpaired) electrons. The molecule has 1 aromatic carbocycles. The molecule has 3 heterocycles. The highest BCUT2D eigenvalue weighted by atomic mass is 16.2. The minimum Gasteiger partial charge on any atom is -0.339 e. The lowest BCUT2D eigenvalue weighted by Crippen LogP contribution is -2.59. The van der Waals surface area contributed by atoms with E-state index in [9.17, 15) is 19.2 Å². The molecule has 2 N–H and O–H groups in total. The van der Waals surface area contributed by atoms with Crippen molar-refractivity contribution in [2.24, 2.45) is 0 Å². The first kappa shape index (κ1) is 22.4. The molecule has 2 aliphatic rings. The summed E-state index contributed by atoms with van der Waals surface area (Å²) in [5, 5.41) is 4.68. The Morgan fingerprint density at radius 1 is 1.12 bits per heavy atom. The normalized spacial score (nSPS) is 20.6. The van der Waals surface area contributed by atoms with Crippen molar-refractivity contribution in [1.29, 1.82) is 0 Å². The zero-order valence-electron chi connectivity index (χ0n) is 18.5. The molecule has 0 spiro atoms. The summed E-state index contributed by atoms with van der Waals surface area (Å²) in [6, 6.07) is 9.89. The lowest BCUT2D eigenvalue weighted by molar-refractivity contribution is -0.151. The Morgan fingerprint density at radius 3 is 2.64 bits per heavy atom. The summed E-state index contributed by atoms with van der Waals surface area (Å²) in [5.74, 6) is -0.694. The van der Waals surface area contributed by atoms with Gasteiger partial charge in [0.1, 0.15) is 12.1 Å². The summed E-state index contributed by atoms with van der Waals surface area (Å²) < 4.78 is 0. The zero-order chi connectivity index (χ0) is 23.4. The van der Waals surface area contributed by atoms with Crippen LogP contribution in [-0.4, -0.2) is 70.3 Å². The molecular weight excluding hydrogens is 422 g/mol. The Labute approximate surface area is 192 Å². The molecule has 0 aliphatic carbocycles. The average molecular weight is 450 g/mol. The standard InChI is InChI=1S/C24H27N5O4/c1-2-28-11-12-29(21(30)9-8-19-22(31)27-24(33)26-19)20(23(28)32)14-16-5-3-6-17(13-16)18-7-4-10-25-15-18/h3-7,10,13,15,19-20H,2,8-9,11-12,14H2,1H3,(H2,26,27,31,33)/t19-,20-/m1/s1. The molecule has 0 saturated carbocycles. The number of likely N-dealkylation sites (N-methyl/N-ethyl adjacent to an activating group) is 1. The Hall–Kier alpha value is -3.75. The van der Waals surface area contributed by atoms with E-state index in [1.165, 1.54) is 0 Å². The van der Waals surface area contributed by atoms with Gasteiger partial charge in [0, 0.05) is 44.9 Å². The molecule has 9 heteroatoms. The predicted octanol–water partition coefficient (Wildman–Crippen LogP) is 1.34. The second-order valence-electron chi connectivity index (χ2n) is 8.22. The van der Waals surface area contributed by atoms with Crippen molar-refractivity contribution in [2.75, 3.05) is 19.6 Å². The Kier molecular flexibility index (Phi) is 6.67. The summed E-state index contributed by atoms with van der Waals surface area (Å²) in [4.78, 5) is 56.9. The summed E-state index contributed by atoms with van der Waals surface area (Å²) in [7, 11) is 0. The van der Waals surface area contributed by atoms with E-state index in [4.69, 9.17) is 0 Å². The van der Waals surface area contributed by atoms with Crippen LogP contribution in [0.5, 0.6) is 0 Å². The van der Waals surface area contributed by atoms with Gasteiger partial charge >= 0.3 is 6.03 Å². The van der Waals surface area contributed by atoms with Gasteiger partial charge < -0.3 is 15.1 Å². The number of carbonyl (C=O) groups excluding carboxylic acids is 4. The molecule has 0 unspecified atom stereocenters. The van der Waals surface area contributed by atoms with Gasteiger partial charge in [-0.15, -0.1) is 0 Å². The van der Waals surface area contributed by atoms with Crippen molar-refractivity contribution in [3.8, 4) is 11.1 Å². The van der Waals surface area contributed by atoms with Crippen LogP contribution in [0.25, 0.3) is 11.1 Å². The fourth-order valence-electron chi connectivity index (χ4n) is 4.36. The van der Waals surface area contributed by atoms with Crippen LogP contribution < -0.4 is 10.6 Å². The maximum atomic E-state index is 13.2. The summed E-state index contributed by atoms with van der Waals surface area (Å²) in [6.45, 7) is 3.43. The molecule has 2 aliphatic heterocycles. The third-order valence-electron chi connectivity index (χ3n) is 6.14. The van der Waals surface area contributed by atoms with Crippen LogP contribution in [0.1, 0.15) is 25.3 Å². The van der Waals surface area contributed by atoms with E-state index >= 15 is 0 Å². The predicted molar refractivity (Wildman–Crippen MR) is 121 cm³/mol. The third-order valence-corrected chi connectivity index (χ3v) is 6.14. The van der Waals surface area contributed by atoms with Crippen molar-refractivity contribution >= 4 is 23.8 Å². The number of rotatable bonds is 7. The van der Waals surface area contributed by atoms with E-state index in [0.717, 1.165) is 16.7 Å². The maximum Gasteiger partial charge on any atom is 0.322 e. The lowest BCUT2D eigenvalue weighted by atomic mass is 9.97. The number of benzene rings is 1. The van der Waals surface area contributed by atoms with E-state index in [-0.39, 0.29) is 24.7 Å². The first-order chi connectivity index (χ1) is 16.0. The molecule has 2 aromatic rings. The van der Waals surface area contributed by atoms with Crippen molar-refractivity contribution in [3.63, 3.8) is 0 Å². The summed E-state index contributed by atoms with van der Waals surface area (Å²) in [6.07, 6.45) is 4.18. The molecule has 33 heavy (non-hydrogen) atoms. The SMILES string of the molecule is CCN1CCN(C(=O)CC[C@H]2NC(=O)NC2=O)[C@H](Cc2cccc(-c3cccnc3)c2)C1=O. The number of aromatic nitrogens is 1. The van der Waals surface area contributed by atoms with Crippen LogP contribution in [0.2, 0.25) is 0 Å². The van der Waals surface area contributed by atoms with Crippen LogP contribution in [0.15, 0.2) is 48.8 Å². The van der Waals surface area contributed by atoms with E-state index in [1.807, 2.05) is 43.3 Å². The van der Waals surface area contributed by atoms with Gasteiger partial charge in [0.15, 0.2) is 0 Å². The smallest absolute Gasteiger partial charge is 0.322 e. The highest BCUT2D eigenvalue weighted by Gasteiger charge is 2.37. The number of hydrogen-bond donors (Lipinski definition) is 2. The van der Waals surface area contributed by atoms with Gasteiger partial charge in [0.25, 0.3) is 5.91 Å². The van der Waals surface area contributed by atoms with Crippen LogP contribution in [-0.2, 0) is 20.8 Å². The van der Waals surface area contributed by atoms with Gasteiger partial charge in [-0.25, -0.2) is 4.79 Å². The highest BCUT2D eigenvalue weighted by molar-refractivity contribution is 6.04. The van der Waals surface area contributed by atoms with Crippen molar-refractivity contribution in [3.05, 3.63) is 54.4 Å². The van der Waals surface area contributed by atoms with Crippen LogP contribution >= 0.6 is 0 Å². The molecule has 172 valence electrons. The fraction of sp³-hybridized carbons (Fsp3) is 0.375. The van der Waals surface area contributed by atoms with Crippen molar-refractivity contribution in [1.82, 2.24) is 25.4 Å². The van der Waals surface area contributed by atoms with E-state index in [0.29, 0.717) is 26.1 Å². The average Bonchev–Trinajstić information content (AvgIpc) is 3.16. The quantitative estimate of drug-likeness (QED) is 0.620. The topological polar surface area (TPSA) is 112 Å². The molecule has 0 bridgehead atoms. The minimum absolute atomic E-state index is 0.0733. The second kappa shape index (κ2) is 9.81. The molecular formula is C24H27N5O4. The van der Waals surface area contributed by atoms with E-state index in [2.05, 4.69) is 15.6 Å². The van der Waals surface area contributed by atoms with E-state index < -0.39 is 24.0 Å². The van der Waals surface area contributed by atoms with E-state index in [1.54, 1.807) is 22.2 Å². The monoisotopic (exact) mass is 449 g/mol. The number of nitrogens with one attached hydrogen (secondary N) is 2. The lowest BCUT2D eigenvalue weighted by Gasteiger charge is -2.40. The molecule has 1 aromatic heterocycles. The largest absolute Gasteiger partial charge is 0.339 e. The molecule has 9 nitrogen and oxygen atoms in total. The molecule has 2 saturated heterocycles. The Balaban J connectivity index is 1.50. The summed E-state index contributed by atoms with van der Waals surface area (Å²) in [5.41, 5.74) is 2.93. The molecule has 2 fully saturated rings. The Bertz CT molecular complexity index is 1060. The number of carbonyl (C=O) groups is 4. The number of nitrogens with zero attached hydrogens (tertiary/aromatic N) is 3. The van der Waals surface area contributed by atoms with Gasteiger partial charge in [-0.05, 0) is 36.1 Å². The third kappa shape index (κ3) is 5.02. The Morgan fingerprint density at radius 2 is 1.94 bits per heavy atom. The molecule has 4 rings (SSSR count). The van der Waals surface area contributed by atoms with Crippen LogP contribution in [0.3, 0.4) is 0 Å². The number of urea groups is 1. The number of hydrogen-bond acceptors (Lipinski definition) is 5. The second-order valence-corrected chi connectivity index (χ2v) is 8.22. The van der Waals surface area contributed by atoms with Gasteiger partial charge in [-0.3, -0.25) is 24.7 Å². The van der Waals surface area contributed by atoms with Gasteiger partial charge in [-0.1, -0.05) is 30.3 Å². The van der Waals surface area contributed by atoms with Gasteiger partial charge in [0.2, 0.25) is 11.8 Å². The fourth-order valence-corrected chi connectivity index (χ4v) is 4.36. The van der Waals surface area contributed by atoms with Gasteiger partial charge in [0.05, 0.1) is 0 Å². The summed E-state index contributed by atoms with van der Waals surface area (Å²) >= 11 is 0. The first-order valence-corrected chi connectivity index (χ1v) is 11.1. The molecule has 5 amide bonds. The first-order valence-electron chi connectivity index (χ1n) is 11.1. The van der Waals surface area contributed by atoms with Crippen LogP contribution in [0.4, 0.5) is 4.79 Å². The maximum absolute atomic E-state index is 13.2. The van der Waals surface area contributed by atoms with Crippen molar-refractivity contribution in [2.45, 2.75) is 38.3 Å². The van der Waals surface area contributed by atoms with Crippen molar-refractivity contribution < 1.29 is 19.2 Å².